The monoisotopic (exact) mass is 423 g/mol. The highest BCUT2D eigenvalue weighted by Crippen LogP contribution is 2.27. The highest BCUT2D eigenvalue weighted by molar-refractivity contribution is 5.91. The predicted octanol–water partition coefficient (Wildman–Crippen LogP) is 5.41. The molecule has 1 fully saturated rings. The minimum Gasteiger partial charge on any atom is -0.489 e. The Balaban J connectivity index is 1.29. The van der Waals surface area contributed by atoms with Crippen molar-refractivity contribution < 1.29 is 18.3 Å². The molecule has 1 aromatic carbocycles. The first-order valence-electron chi connectivity index (χ1n) is 10.8. The molecule has 1 amide bonds. The van der Waals surface area contributed by atoms with Gasteiger partial charge in [0.15, 0.2) is 23.2 Å². The SMILES string of the molecule is O=C(CCc1ncc(-c2ccc(F)cc2)o1)Nc1ncccc1OCC1CCCCC1. The second-order valence-electron chi connectivity index (χ2n) is 7.84. The number of nitrogens with one attached hydrogen (secondary N) is 1. The van der Waals surface area contributed by atoms with Gasteiger partial charge in [0, 0.05) is 24.6 Å². The van der Waals surface area contributed by atoms with Crippen molar-refractivity contribution in [2.75, 3.05) is 11.9 Å². The number of rotatable bonds is 8. The quantitative estimate of drug-likeness (QED) is 0.524. The number of hydrogen-bond acceptors (Lipinski definition) is 5. The molecule has 1 saturated carbocycles. The molecule has 2 heterocycles. The second kappa shape index (κ2) is 10.2. The highest BCUT2D eigenvalue weighted by atomic mass is 19.1. The van der Waals surface area contributed by atoms with Crippen LogP contribution in [0.15, 0.2) is 53.2 Å². The fourth-order valence-corrected chi connectivity index (χ4v) is 3.75. The van der Waals surface area contributed by atoms with E-state index in [0.717, 1.165) is 5.56 Å². The van der Waals surface area contributed by atoms with Crippen LogP contribution in [0.3, 0.4) is 0 Å². The number of oxazole rings is 1. The lowest BCUT2D eigenvalue weighted by atomic mass is 9.90. The molecule has 0 atom stereocenters. The molecule has 6 nitrogen and oxygen atoms in total. The Labute approximate surface area is 180 Å². The molecule has 1 aliphatic rings. The third kappa shape index (κ3) is 5.90. The first-order chi connectivity index (χ1) is 15.2. The van der Waals surface area contributed by atoms with Gasteiger partial charge in [-0.05, 0) is 55.2 Å². The molecule has 1 N–H and O–H groups in total. The van der Waals surface area contributed by atoms with Crippen LogP contribution in [0.5, 0.6) is 5.75 Å². The Morgan fingerprint density at radius 2 is 1.94 bits per heavy atom. The number of nitrogens with zero attached hydrogens (tertiary/aromatic N) is 2. The van der Waals surface area contributed by atoms with Gasteiger partial charge in [-0.2, -0.15) is 0 Å². The number of aromatic nitrogens is 2. The fraction of sp³-hybridized carbons (Fsp3) is 0.375. The van der Waals surface area contributed by atoms with Crippen LogP contribution in [0.4, 0.5) is 10.2 Å². The van der Waals surface area contributed by atoms with E-state index in [1.54, 1.807) is 30.6 Å². The molecule has 3 aromatic rings. The van der Waals surface area contributed by atoms with E-state index >= 15 is 0 Å². The van der Waals surface area contributed by atoms with Crippen LogP contribution >= 0.6 is 0 Å². The van der Waals surface area contributed by atoms with Gasteiger partial charge in [0.1, 0.15) is 5.82 Å². The maximum absolute atomic E-state index is 13.1. The molecule has 31 heavy (non-hydrogen) atoms. The summed E-state index contributed by atoms with van der Waals surface area (Å²) in [6.07, 6.45) is 9.96. The Kier molecular flexibility index (Phi) is 6.92. The lowest BCUT2D eigenvalue weighted by Gasteiger charge is -2.22. The molecule has 7 heteroatoms. The van der Waals surface area contributed by atoms with Crippen molar-refractivity contribution in [3.63, 3.8) is 0 Å². The van der Waals surface area contributed by atoms with Crippen LogP contribution in [0, 0.1) is 11.7 Å². The Bertz CT molecular complexity index is 997. The molecule has 0 saturated heterocycles. The van der Waals surface area contributed by atoms with E-state index in [9.17, 15) is 9.18 Å². The minimum atomic E-state index is -0.309. The van der Waals surface area contributed by atoms with Crippen LogP contribution in [0.25, 0.3) is 11.3 Å². The van der Waals surface area contributed by atoms with Gasteiger partial charge in [-0.25, -0.2) is 14.4 Å². The van der Waals surface area contributed by atoms with E-state index in [-0.39, 0.29) is 18.1 Å². The molecule has 0 spiro atoms. The van der Waals surface area contributed by atoms with Crippen LogP contribution in [0.2, 0.25) is 0 Å². The van der Waals surface area contributed by atoms with E-state index in [1.807, 2.05) is 6.07 Å². The van der Waals surface area contributed by atoms with Gasteiger partial charge in [0.2, 0.25) is 5.91 Å². The summed E-state index contributed by atoms with van der Waals surface area (Å²) in [5.74, 6) is 2.08. The maximum Gasteiger partial charge on any atom is 0.226 e. The van der Waals surface area contributed by atoms with Crippen LogP contribution < -0.4 is 10.1 Å². The van der Waals surface area contributed by atoms with Gasteiger partial charge in [-0.15, -0.1) is 0 Å². The first kappa shape index (κ1) is 21.0. The van der Waals surface area contributed by atoms with Gasteiger partial charge in [0.05, 0.1) is 12.8 Å². The van der Waals surface area contributed by atoms with Crippen molar-refractivity contribution in [1.29, 1.82) is 0 Å². The fourth-order valence-electron chi connectivity index (χ4n) is 3.75. The third-order valence-corrected chi connectivity index (χ3v) is 5.48. The van der Waals surface area contributed by atoms with Gasteiger partial charge in [-0.1, -0.05) is 19.3 Å². The van der Waals surface area contributed by atoms with Gasteiger partial charge < -0.3 is 14.5 Å². The lowest BCUT2D eigenvalue weighted by molar-refractivity contribution is -0.116. The molecule has 1 aliphatic carbocycles. The van der Waals surface area contributed by atoms with Crippen LogP contribution in [-0.4, -0.2) is 22.5 Å². The average molecular weight is 423 g/mol. The zero-order chi connectivity index (χ0) is 21.5. The van der Waals surface area contributed by atoms with Crippen molar-refractivity contribution in [3.8, 4) is 17.1 Å². The Morgan fingerprint density at radius 1 is 1.13 bits per heavy atom. The third-order valence-electron chi connectivity index (χ3n) is 5.48. The van der Waals surface area contributed by atoms with Crippen molar-refractivity contribution in [2.24, 2.45) is 5.92 Å². The number of pyridine rings is 1. The first-order valence-corrected chi connectivity index (χ1v) is 10.8. The summed E-state index contributed by atoms with van der Waals surface area (Å²) in [6, 6.07) is 9.62. The zero-order valence-corrected chi connectivity index (χ0v) is 17.4. The van der Waals surface area contributed by atoms with Crippen molar-refractivity contribution >= 4 is 11.7 Å². The summed E-state index contributed by atoms with van der Waals surface area (Å²) in [5, 5.41) is 2.83. The van der Waals surface area contributed by atoms with Crippen molar-refractivity contribution in [3.05, 3.63) is 60.5 Å². The number of carbonyl (C=O) groups excluding carboxylic acids is 1. The summed E-state index contributed by atoms with van der Waals surface area (Å²) >= 11 is 0. The molecular weight excluding hydrogens is 397 g/mol. The van der Waals surface area contributed by atoms with E-state index in [1.165, 1.54) is 44.2 Å². The number of ether oxygens (including phenoxy) is 1. The molecule has 2 aromatic heterocycles. The number of carbonyl (C=O) groups is 1. The summed E-state index contributed by atoms with van der Waals surface area (Å²) in [4.78, 5) is 20.9. The molecule has 0 radical (unpaired) electrons. The van der Waals surface area contributed by atoms with Gasteiger partial charge in [0.25, 0.3) is 0 Å². The Hall–Kier alpha value is -3.22. The largest absolute Gasteiger partial charge is 0.489 e. The highest BCUT2D eigenvalue weighted by Gasteiger charge is 2.16. The van der Waals surface area contributed by atoms with E-state index in [4.69, 9.17) is 9.15 Å². The molecule has 0 bridgehead atoms. The van der Waals surface area contributed by atoms with Crippen molar-refractivity contribution in [1.82, 2.24) is 9.97 Å². The molecule has 4 rings (SSSR count). The standard InChI is InChI=1S/C24H26FN3O3/c25-19-10-8-18(9-11-19)21-15-27-23(31-21)13-12-22(29)28-24-20(7-4-14-26-24)30-16-17-5-2-1-3-6-17/h4,7-11,14-15,17H,1-3,5-6,12-13,16H2,(H,26,28,29). The zero-order valence-electron chi connectivity index (χ0n) is 17.4. The minimum absolute atomic E-state index is 0.192. The van der Waals surface area contributed by atoms with E-state index in [0.29, 0.717) is 42.2 Å². The molecule has 0 unspecified atom stereocenters. The molecule has 162 valence electrons. The topological polar surface area (TPSA) is 77.3 Å². The van der Waals surface area contributed by atoms with Gasteiger partial charge in [-0.3, -0.25) is 4.79 Å². The smallest absolute Gasteiger partial charge is 0.226 e. The van der Waals surface area contributed by atoms with Gasteiger partial charge >= 0.3 is 0 Å². The van der Waals surface area contributed by atoms with Crippen LogP contribution in [0.1, 0.15) is 44.4 Å². The summed E-state index contributed by atoms with van der Waals surface area (Å²) in [6.45, 7) is 0.650. The Morgan fingerprint density at radius 3 is 2.74 bits per heavy atom. The normalized spacial score (nSPS) is 14.4. The van der Waals surface area contributed by atoms with Crippen molar-refractivity contribution in [2.45, 2.75) is 44.9 Å². The summed E-state index contributed by atoms with van der Waals surface area (Å²) in [5.41, 5.74) is 0.734. The number of benzene rings is 1. The number of hydrogen-bond donors (Lipinski definition) is 1. The number of halogens is 1. The van der Waals surface area contributed by atoms with Crippen LogP contribution in [-0.2, 0) is 11.2 Å². The van der Waals surface area contributed by atoms with E-state index < -0.39 is 0 Å². The summed E-state index contributed by atoms with van der Waals surface area (Å²) < 4.78 is 24.7. The number of amides is 1. The summed E-state index contributed by atoms with van der Waals surface area (Å²) in [7, 11) is 0. The predicted molar refractivity (Wildman–Crippen MR) is 115 cm³/mol. The number of aryl methyl sites for hydroxylation is 1. The molecule has 0 aliphatic heterocycles. The second-order valence-corrected chi connectivity index (χ2v) is 7.84. The average Bonchev–Trinajstić information content (AvgIpc) is 3.27. The van der Waals surface area contributed by atoms with E-state index in [2.05, 4.69) is 15.3 Å². The lowest BCUT2D eigenvalue weighted by Crippen LogP contribution is -2.18. The molecular formula is C24H26FN3O3. The maximum atomic E-state index is 13.1. The number of anilines is 1.